The van der Waals surface area contributed by atoms with Gasteiger partial charge in [0.2, 0.25) is 0 Å². The Bertz CT molecular complexity index is 584. The van der Waals surface area contributed by atoms with Crippen molar-refractivity contribution in [2.45, 2.75) is 26.7 Å². The zero-order chi connectivity index (χ0) is 15.1. The van der Waals surface area contributed by atoms with Gasteiger partial charge < -0.3 is 9.73 Å². The second kappa shape index (κ2) is 7.79. The summed E-state index contributed by atoms with van der Waals surface area (Å²) < 4.78 is 18.7. The van der Waals surface area contributed by atoms with Crippen LogP contribution in [0.1, 0.15) is 32.4 Å². The van der Waals surface area contributed by atoms with Crippen molar-refractivity contribution in [2.24, 2.45) is 0 Å². The minimum absolute atomic E-state index is 0.235. The zero-order valence-corrected chi connectivity index (χ0v) is 12.7. The summed E-state index contributed by atoms with van der Waals surface area (Å²) in [7, 11) is 0. The molecule has 0 aliphatic carbocycles. The van der Waals surface area contributed by atoms with Crippen LogP contribution in [0.4, 0.5) is 4.39 Å². The highest BCUT2D eigenvalue weighted by molar-refractivity contribution is 5.60. The van der Waals surface area contributed by atoms with Crippen LogP contribution in [0.3, 0.4) is 0 Å². The molecule has 0 fully saturated rings. The van der Waals surface area contributed by atoms with Crippen LogP contribution in [0.2, 0.25) is 0 Å². The average molecular weight is 287 g/mol. The van der Waals surface area contributed by atoms with Gasteiger partial charge >= 0.3 is 0 Å². The van der Waals surface area contributed by atoms with Crippen molar-refractivity contribution in [3.63, 3.8) is 0 Å². The van der Waals surface area contributed by atoms with Gasteiger partial charge in [-0.15, -0.1) is 0 Å². The molecule has 0 radical (unpaired) electrons. The minimum Gasteiger partial charge on any atom is -0.457 e. The van der Waals surface area contributed by atoms with Gasteiger partial charge in [0.1, 0.15) is 17.3 Å². The molecule has 21 heavy (non-hydrogen) atoms. The number of nitrogens with one attached hydrogen (secondary N) is 1. The molecule has 2 nitrogen and oxygen atoms in total. The molecule has 0 saturated heterocycles. The number of hydrogen-bond donors (Lipinski definition) is 1. The quantitative estimate of drug-likeness (QED) is 0.734. The summed E-state index contributed by atoms with van der Waals surface area (Å²) in [5, 5.41) is 3.40. The number of hydrogen-bond acceptors (Lipinski definition) is 2. The number of benzene rings is 1. The van der Waals surface area contributed by atoms with Crippen molar-refractivity contribution in [1.29, 1.82) is 0 Å². The van der Waals surface area contributed by atoms with E-state index in [1.807, 2.05) is 12.1 Å². The van der Waals surface area contributed by atoms with Gasteiger partial charge in [0, 0.05) is 12.1 Å². The number of rotatable bonds is 7. The van der Waals surface area contributed by atoms with Crippen molar-refractivity contribution in [3.8, 4) is 11.3 Å². The van der Waals surface area contributed by atoms with Gasteiger partial charge in [-0.25, -0.2) is 4.39 Å². The first kappa shape index (κ1) is 15.5. The van der Waals surface area contributed by atoms with Gasteiger partial charge in [-0.2, -0.15) is 0 Å². The Morgan fingerprint density at radius 2 is 1.90 bits per heavy atom. The van der Waals surface area contributed by atoms with Crippen molar-refractivity contribution in [2.75, 3.05) is 13.1 Å². The fourth-order valence-corrected chi connectivity index (χ4v) is 2.10. The summed E-state index contributed by atoms with van der Waals surface area (Å²) in [6, 6.07) is 10.2. The van der Waals surface area contributed by atoms with Crippen LogP contribution in [-0.4, -0.2) is 13.1 Å². The second-order valence-corrected chi connectivity index (χ2v) is 5.04. The number of halogens is 1. The SMILES string of the molecule is CCCNCC(=Cc1ccc(-c2ccc(F)cc2)o1)CC. The maximum absolute atomic E-state index is 12.9. The van der Waals surface area contributed by atoms with E-state index in [1.54, 1.807) is 12.1 Å². The highest BCUT2D eigenvalue weighted by Gasteiger charge is 2.04. The van der Waals surface area contributed by atoms with E-state index in [4.69, 9.17) is 4.42 Å². The van der Waals surface area contributed by atoms with Crippen LogP contribution in [0.5, 0.6) is 0 Å². The zero-order valence-electron chi connectivity index (χ0n) is 12.7. The monoisotopic (exact) mass is 287 g/mol. The molecule has 0 atom stereocenters. The Morgan fingerprint density at radius 1 is 1.14 bits per heavy atom. The normalized spacial score (nSPS) is 11.9. The standard InChI is InChI=1S/C18H22FNO/c1-3-11-20-13-14(4-2)12-17-9-10-18(21-17)15-5-7-16(19)8-6-15/h5-10,12,20H,3-4,11,13H2,1-2H3. The predicted molar refractivity (Wildman–Crippen MR) is 85.5 cm³/mol. The summed E-state index contributed by atoms with van der Waals surface area (Å²) >= 11 is 0. The smallest absolute Gasteiger partial charge is 0.134 e. The highest BCUT2D eigenvalue weighted by Crippen LogP contribution is 2.23. The molecule has 112 valence electrons. The van der Waals surface area contributed by atoms with Crippen LogP contribution < -0.4 is 5.32 Å². The molecule has 0 bridgehead atoms. The first-order valence-corrected chi connectivity index (χ1v) is 7.49. The number of furan rings is 1. The molecule has 0 unspecified atom stereocenters. The van der Waals surface area contributed by atoms with Gasteiger partial charge in [0.05, 0.1) is 0 Å². The highest BCUT2D eigenvalue weighted by atomic mass is 19.1. The van der Waals surface area contributed by atoms with Gasteiger partial charge in [-0.3, -0.25) is 0 Å². The Morgan fingerprint density at radius 3 is 2.57 bits per heavy atom. The molecule has 3 heteroatoms. The molecule has 0 aliphatic rings. The lowest BCUT2D eigenvalue weighted by molar-refractivity contribution is 0.570. The Kier molecular flexibility index (Phi) is 5.76. The van der Waals surface area contributed by atoms with Gasteiger partial charge in [-0.1, -0.05) is 19.4 Å². The lowest BCUT2D eigenvalue weighted by atomic mass is 10.1. The first-order chi connectivity index (χ1) is 10.2. The molecule has 1 aromatic heterocycles. The van der Waals surface area contributed by atoms with Crippen LogP contribution in [0.25, 0.3) is 17.4 Å². The summed E-state index contributed by atoms with van der Waals surface area (Å²) in [6.07, 6.45) is 4.20. The molecule has 1 heterocycles. The third-order valence-electron chi connectivity index (χ3n) is 3.33. The van der Waals surface area contributed by atoms with E-state index >= 15 is 0 Å². The molecule has 0 saturated carbocycles. The van der Waals surface area contributed by atoms with E-state index in [1.165, 1.54) is 17.7 Å². The second-order valence-electron chi connectivity index (χ2n) is 5.04. The fourth-order valence-electron chi connectivity index (χ4n) is 2.10. The van der Waals surface area contributed by atoms with Crippen molar-refractivity contribution >= 4 is 6.08 Å². The predicted octanol–water partition coefficient (Wildman–Crippen LogP) is 4.88. The third kappa shape index (κ3) is 4.57. The summed E-state index contributed by atoms with van der Waals surface area (Å²) in [5.41, 5.74) is 2.20. The average Bonchev–Trinajstić information content (AvgIpc) is 2.95. The third-order valence-corrected chi connectivity index (χ3v) is 3.33. The molecule has 2 aromatic rings. The minimum atomic E-state index is -0.235. The van der Waals surface area contributed by atoms with Gasteiger partial charge in [-0.05, 0) is 61.9 Å². The van der Waals surface area contributed by atoms with E-state index < -0.39 is 0 Å². The Hall–Kier alpha value is -1.87. The molecule has 2 rings (SSSR count). The van der Waals surface area contributed by atoms with Gasteiger partial charge in [0.25, 0.3) is 0 Å². The van der Waals surface area contributed by atoms with Crippen molar-refractivity contribution in [1.82, 2.24) is 5.32 Å². The first-order valence-electron chi connectivity index (χ1n) is 7.49. The molecule has 0 amide bonds. The molecule has 1 aromatic carbocycles. The topological polar surface area (TPSA) is 25.2 Å². The molecular weight excluding hydrogens is 265 g/mol. The summed E-state index contributed by atoms with van der Waals surface area (Å²) in [6.45, 7) is 6.21. The largest absolute Gasteiger partial charge is 0.457 e. The maximum Gasteiger partial charge on any atom is 0.134 e. The maximum atomic E-state index is 12.9. The molecule has 1 N–H and O–H groups in total. The van der Waals surface area contributed by atoms with E-state index in [-0.39, 0.29) is 5.82 Å². The van der Waals surface area contributed by atoms with Crippen LogP contribution >= 0.6 is 0 Å². The van der Waals surface area contributed by atoms with Crippen LogP contribution in [-0.2, 0) is 0 Å². The van der Waals surface area contributed by atoms with Crippen molar-refractivity contribution < 1.29 is 8.81 Å². The van der Waals surface area contributed by atoms with Crippen LogP contribution in [0, 0.1) is 5.82 Å². The molecule has 0 spiro atoms. The van der Waals surface area contributed by atoms with E-state index in [0.29, 0.717) is 0 Å². The Labute approximate surface area is 125 Å². The fraction of sp³-hybridized carbons (Fsp3) is 0.333. The molecular formula is C18H22FNO. The molecule has 0 aliphatic heterocycles. The lowest BCUT2D eigenvalue weighted by Gasteiger charge is -2.05. The summed E-state index contributed by atoms with van der Waals surface area (Å²) in [5.74, 6) is 1.36. The van der Waals surface area contributed by atoms with Gasteiger partial charge in [0.15, 0.2) is 0 Å². The van der Waals surface area contributed by atoms with Crippen LogP contribution in [0.15, 0.2) is 46.4 Å². The Balaban J connectivity index is 2.09. The van der Waals surface area contributed by atoms with E-state index in [2.05, 4.69) is 25.2 Å². The lowest BCUT2D eigenvalue weighted by Crippen LogP contribution is -2.17. The van der Waals surface area contributed by atoms with E-state index in [0.717, 1.165) is 43.0 Å². The van der Waals surface area contributed by atoms with Crippen molar-refractivity contribution in [3.05, 3.63) is 53.5 Å². The summed E-state index contributed by atoms with van der Waals surface area (Å²) in [4.78, 5) is 0. The van der Waals surface area contributed by atoms with E-state index in [9.17, 15) is 4.39 Å².